The molecule has 0 unspecified atom stereocenters. The highest BCUT2D eigenvalue weighted by molar-refractivity contribution is 7.99. The Morgan fingerprint density at radius 2 is 1.85 bits per heavy atom. The van der Waals surface area contributed by atoms with E-state index in [0.29, 0.717) is 16.3 Å². The van der Waals surface area contributed by atoms with Gasteiger partial charge in [0.2, 0.25) is 0 Å². The number of aliphatic carboxylic acids is 1. The summed E-state index contributed by atoms with van der Waals surface area (Å²) in [5.74, 6) is -0.284. The Balaban J connectivity index is 2.20. The average Bonchev–Trinajstić information content (AvgIpc) is 2.42. The molecule has 0 spiro atoms. The molecule has 2 aromatic carbocycles. The van der Waals surface area contributed by atoms with Crippen LogP contribution < -0.4 is 4.74 Å². The van der Waals surface area contributed by atoms with Crippen LogP contribution in [0.4, 0.5) is 0 Å². The van der Waals surface area contributed by atoms with Crippen LogP contribution in [0.3, 0.4) is 0 Å². The van der Waals surface area contributed by atoms with E-state index in [1.54, 1.807) is 17.8 Å². The molecule has 1 N–H and O–H groups in total. The van der Waals surface area contributed by atoms with E-state index in [-0.39, 0.29) is 6.42 Å². The number of benzene rings is 2. The molecular formula is C15H13ClO3S. The topological polar surface area (TPSA) is 46.5 Å². The quantitative estimate of drug-likeness (QED) is 0.902. The fraction of sp³-hybridized carbons (Fsp3) is 0.133. The second kappa shape index (κ2) is 6.68. The van der Waals surface area contributed by atoms with Crippen molar-refractivity contribution in [3.05, 3.63) is 53.1 Å². The van der Waals surface area contributed by atoms with E-state index < -0.39 is 5.97 Å². The zero-order valence-corrected chi connectivity index (χ0v) is 12.4. The van der Waals surface area contributed by atoms with Crippen molar-refractivity contribution in [2.24, 2.45) is 0 Å². The summed E-state index contributed by atoms with van der Waals surface area (Å²) in [5, 5.41) is 9.54. The fourth-order valence-electron chi connectivity index (χ4n) is 1.74. The van der Waals surface area contributed by atoms with Gasteiger partial charge in [-0.05, 0) is 36.4 Å². The third kappa shape index (κ3) is 3.92. The van der Waals surface area contributed by atoms with Gasteiger partial charge < -0.3 is 9.84 Å². The van der Waals surface area contributed by atoms with Gasteiger partial charge in [0.05, 0.1) is 13.5 Å². The molecular weight excluding hydrogens is 296 g/mol. The molecule has 20 heavy (non-hydrogen) atoms. The van der Waals surface area contributed by atoms with Crippen LogP contribution in [0.2, 0.25) is 5.02 Å². The highest BCUT2D eigenvalue weighted by Crippen LogP contribution is 2.32. The van der Waals surface area contributed by atoms with Crippen LogP contribution in [-0.2, 0) is 11.2 Å². The molecule has 0 heterocycles. The smallest absolute Gasteiger partial charge is 0.307 e. The predicted molar refractivity (Wildman–Crippen MR) is 79.9 cm³/mol. The number of halogens is 1. The molecule has 0 aliphatic carbocycles. The van der Waals surface area contributed by atoms with Crippen molar-refractivity contribution in [1.82, 2.24) is 0 Å². The summed E-state index contributed by atoms with van der Waals surface area (Å²) in [4.78, 5) is 12.8. The second-order valence-electron chi connectivity index (χ2n) is 4.10. The van der Waals surface area contributed by atoms with Crippen molar-refractivity contribution in [2.75, 3.05) is 7.11 Å². The van der Waals surface area contributed by atoms with Crippen LogP contribution in [0.25, 0.3) is 0 Å². The predicted octanol–water partition coefficient (Wildman–Crippen LogP) is 4.13. The van der Waals surface area contributed by atoms with E-state index in [4.69, 9.17) is 21.4 Å². The van der Waals surface area contributed by atoms with Gasteiger partial charge in [-0.15, -0.1) is 0 Å². The summed E-state index contributed by atoms with van der Waals surface area (Å²) in [5.41, 5.74) is 0.667. The minimum Gasteiger partial charge on any atom is -0.496 e. The van der Waals surface area contributed by atoms with E-state index in [1.807, 2.05) is 36.4 Å². The Morgan fingerprint density at radius 3 is 2.45 bits per heavy atom. The normalized spacial score (nSPS) is 10.3. The lowest BCUT2D eigenvalue weighted by Gasteiger charge is -2.09. The number of hydrogen-bond acceptors (Lipinski definition) is 3. The first-order valence-corrected chi connectivity index (χ1v) is 7.10. The fourth-order valence-corrected chi connectivity index (χ4v) is 2.71. The zero-order chi connectivity index (χ0) is 14.5. The molecule has 0 amide bonds. The van der Waals surface area contributed by atoms with Crippen molar-refractivity contribution >= 4 is 29.3 Å². The van der Waals surface area contributed by atoms with Crippen molar-refractivity contribution in [3.63, 3.8) is 0 Å². The van der Waals surface area contributed by atoms with Crippen molar-refractivity contribution in [3.8, 4) is 5.75 Å². The summed E-state index contributed by atoms with van der Waals surface area (Å²) in [6, 6.07) is 13.1. The van der Waals surface area contributed by atoms with Gasteiger partial charge in [0, 0.05) is 20.4 Å². The maximum Gasteiger partial charge on any atom is 0.307 e. The second-order valence-corrected chi connectivity index (χ2v) is 5.68. The third-order valence-corrected chi connectivity index (χ3v) is 3.90. The maximum absolute atomic E-state index is 10.8. The van der Waals surface area contributed by atoms with Gasteiger partial charge in [0.1, 0.15) is 5.75 Å². The zero-order valence-electron chi connectivity index (χ0n) is 10.8. The molecule has 3 nitrogen and oxygen atoms in total. The van der Waals surface area contributed by atoms with Gasteiger partial charge in [-0.25, -0.2) is 0 Å². The number of methoxy groups -OCH3 is 1. The number of ether oxygens (including phenoxy) is 1. The van der Waals surface area contributed by atoms with E-state index in [0.717, 1.165) is 9.79 Å². The summed E-state index contributed by atoms with van der Waals surface area (Å²) in [7, 11) is 1.54. The van der Waals surface area contributed by atoms with Crippen LogP contribution in [0.15, 0.2) is 52.3 Å². The lowest BCUT2D eigenvalue weighted by molar-refractivity contribution is -0.136. The lowest BCUT2D eigenvalue weighted by atomic mass is 10.1. The highest BCUT2D eigenvalue weighted by Gasteiger charge is 2.09. The van der Waals surface area contributed by atoms with E-state index >= 15 is 0 Å². The molecule has 0 bridgehead atoms. The first-order chi connectivity index (χ1) is 9.58. The van der Waals surface area contributed by atoms with Crippen LogP contribution in [0, 0.1) is 0 Å². The number of carbonyl (C=O) groups is 1. The van der Waals surface area contributed by atoms with Gasteiger partial charge >= 0.3 is 5.97 Å². The largest absolute Gasteiger partial charge is 0.496 e. The number of hydrogen-bond donors (Lipinski definition) is 1. The summed E-state index contributed by atoms with van der Waals surface area (Å²) in [6.07, 6.45) is -0.0466. The number of carboxylic acid groups (broad SMARTS) is 1. The Kier molecular flexibility index (Phi) is 4.93. The summed E-state index contributed by atoms with van der Waals surface area (Å²) < 4.78 is 5.25. The molecule has 2 rings (SSSR count). The third-order valence-electron chi connectivity index (χ3n) is 2.65. The molecule has 0 radical (unpaired) electrons. The Labute approximate surface area is 126 Å². The molecule has 0 atom stereocenters. The van der Waals surface area contributed by atoms with Crippen LogP contribution in [0.5, 0.6) is 5.75 Å². The summed E-state index contributed by atoms with van der Waals surface area (Å²) >= 11 is 7.41. The number of carboxylic acids is 1. The molecule has 2 aromatic rings. The van der Waals surface area contributed by atoms with Crippen molar-refractivity contribution in [2.45, 2.75) is 16.2 Å². The first kappa shape index (κ1) is 14.8. The van der Waals surface area contributed by atoms with Crippen LogP contribution >= 0.6 is 23.4 Å². The molecule has 104 valence electrons. The van der Waals surface area contributed by atoms with E-state index in [1.165, 1.54) is 7.11 Å². The van der Waals surface area contributed by atoms with Gasteiger partial charge in [0.25, 0.3) is 0 Å². The van der Waals surface area contributed by atoms with E-state index in [2.05, 4.69) is 0 Å². The van der Waals surface area contributed by atoms with Crippen molar-refractivity contribution < 1.29 is 14.6 Å². The highest BCUT2D eigenvalue weighted by atomic mass is 35.5. The number of rotatable bonds is 5. The SMILES string of the molecule is COc1cc(Sc2ccc(Cl)cc2)ccc1CC(=O)O. The van der Waals surface area contributed by atoms with Crippen LogP contribution in [-0.4, -0.2) is 18.2 Å². The van der Waals surface area contributed by atoms with Gasteiger partial charge in [0.15, 0.2) is 0 Å². The molecule has 0 saturated carbocycles. The van der Waals surface area contributed by atoms with Gasteiger partial charge in [-0.1, -0.05) is 29.4 Å². The molecule has 0 aliphatic rings. The molecule has 0 saturated heterocycles. The van der Waals surface area contributed by atoms with Gasteiger partial charge in [-0.2, -0.15) is 0 Å². The average molecular weight is 309 g/mol. The maximum atomic E-state index is 10.8. The van der Waals surface area contributed by atoms with E-state index in [9.17, 15) is 4.79 Å². The molecule has 0 aliphatic heterocycles. The Bertz CT molecular complexity index is 611. The molecule has 0 fully saturated rings. The van der Waals surface area contributed by atoms with Gasteiger partial charge in [-0.3, -0.25) is 4.79 Å². The Morgan fingerprint density at radius 1 is 1.20 bits per heavy atom. The molecule has 0 aromatic heterocycles. The monoisotopic (exact) mass is 308 g/mol. The first-order valence-electron chi connectivity index (χ1n) is 5.90. The lowest BCUT2D eigenvalue weighted by Crippen LogP contribution is -2.02. The molecule has 5 heteroatoms. The minimum absolute atomic E-state index is 0.0466. The van der Waals surface area contributed by atoms with Crippen molar-refractivity contribution in [1.29, 1.82) is 0 Å². The minimum atomic E-state index is -0.874. The summed E-state index contributed by atoms with van der Waals surface area (Å²) in [6.45, 7) is 0. The Hall–Kier alpha value is -1.65. The van der Waals surface area contributed by atoms with Crippen LogP contribution in [0.1, 0.15) is 5.56 Å². The standard InChI is InChI=1S/C15H13ClO3S/c1-19-14-9-13(5-2-10(14)8-15(17)18)20-12-6-3-11(16)4-7-12/h2-7,9H,8H2,1H3,(H,17,18).